The van der Waals surface area contributed by atoms with Gasteiger partial charge >= 0.3 is 6.03 Å². The first kappa shape index (κ1) is 24.8. The van der Waals surface area contributed by atoms with E-state index in [0.717, 1.165) is 16.9 Å². The molecule has 0 aliphatic carbocycles. The third-order valence-corrected chi connectivity index (χ3v) is 4.96. The molecule has 6 nitrogen and oxygen atoms in total. The average Bonchev–Trinajstić information content (AvgIpc) is 2.57. The Hall–Kier alpha value is -2.24. The van der Waals surface area contributed by atoms with Gasteiger partial charge in [0.2, 0.25) is 5.91 Å². The van der Waals surface area contributed by atoms with Gasteiger partial charge in [-0.2, -0.15) is 0 Å². The first-order chi connectivity index (χ1) is 13.4. The number of hydrogen-bond donors (Lipinski definition) is 2. The number of anilines is 2. The van der Waals surface area contributed by atoms with Gasteiger partial charge < -0.3 is 20.4 Å². The molecular weight excluding hydrogens is 364 g/mol. The van der Waals surface area contributed by atoms with Gasteiger partial charge in [0.05, 0.1) is 0 Å². The van der Waals surface area contributed by atoms with Crippen LogP contribution in [0, 0.1) is 11.3 Å². The summed E-state index contributed by atoms with van der Waals surface area (Å²) in [6.07, 6.45) is 0.498. The molecule has 2 N–H and O–H groups in total. The highest BCUT2D eigenvalue weighted by molar-refractivity contribution is 5.89. The van der Waals surface area contributed by atoms with Gasteiger partial charge in [-0.1, -0.05) is 34.6 Å². The third-order valence-electron chi connectivity index (χ3n) is 4.96. The molecule has 0 aliphatic rings. The fourth-order valence-corrected chi connectivity index (χ4v) is 3.12. The van der Waals surface area contributed by atoms with E-state index in [1.54, 1.807) is 0 Å². The predicted molar refractivity (Wildman–Crippen MR) is 122 cm³/mol. The highest BCUT2D eigenvalue weighted by atomic mass is 16.2. The summed E-state index contributed by atoms with van der Waals surface area (Å²) in [5.74, 6) is 0.504. The zero-order chi connectivity index (χ0) is 22.4. The van der Waals surface area contributed by atoms with Crippen LogP contribution in [0.25, 0.3) is 0 Å². The van der Waals surface area contributed by atoms with Gasteiger partial charge in [0.15, 0.2) is 0 Å². The molecule has 0 radical (unpaired) electrons. The van der Waals surface area contributed by atoms with Crippen LogP contribution in [-0.2, 0) is 11.3 Å². The molecule has 1 rings (SSSR count). The van der Waals surface area contributed by atoms with E-state index in [1.807, 2.05) is 49.0 Å². The van der Waals surface area contributed by atoms with Crippen molar-refractivity contribution in [2.24, 2.45) is 11.3 Å². The number of carbonyl (C=O) groups is 2. The summed E-state index contributed by atoms with van der Waals surface area (Å²) < 4.78 is 0. The summed E-state index contributed by atoms with van der Waals surface area (Å²) >= 11 is 0. The van der Waals surface area contributed by atoms with Crippen LogP contribution in [0.3, 0.4) is 0 Å². The van der Waals surface area contributed by atoms with E-state index < -0.39 is 0 Å². The standard InChI is InChI=1S/C23H40N4O2/c1-10-24-22(29)25-19-11-12-20(26(8)9)18(13-19)15-27(17(4)16(2)3)21(28)14-23(5,6)7/h11-13,16-17H,10,14-15H2,1-9H3,(H2,24,25,29). The molecule has 29 heavy (non-hydrogen) atoms. The minimum Gasteiger partial charge on any atom is -0.377 e. The maximum Gasteiger partial charge on any atom is 0.319 e. The largest absolute Gasteiger partial charge is 0.377 e. The van der Waals surface area contributed by atoms with Gasteiger partial charge in [0, 0.05) is 51.0 Å². The number of nitrogens with one attached hydrogen (secondary N) is 2. The maximum absolute atomic E-state index is 13.2. The highest BCUT2D eigenvalue weighted by Gasteiger charge is 2.27. The minimum atomic E-state index is -0.229. The zero-order valence-electron chi connectivity index (χ0n) is 19.7. The van der Waals surface area contributed by atoms with Crippen LogP contribution < -0.4 is 15.5 Å². The Morgan fingerprint density at radius 3 is 2.21 bits per heavy atom. The summed E-state index contributed by atoms with van der Waals surface area (Å²) in [6, 6.07) is 5.73. The molecule has 0 saturated heterocycles. The SMILES string of the molecule is CCNC(=O)Nc1ccc(N(C)C)c(CN(C(=O)CC(C)(C)C)C(C)C(C)C)c1. The zero-order valence-corrected chi connectivity index (χ0v) is 19.7. The second-order valence-electron chi connectivity index (χ2n) is 9.47. The topological polar surface area (TPSA) is 64.7 Å². The van der Waals surface area contributed by atoms with Crippen LogP contribution in [0.5, 0.6) is 0 Å². The van der Waals surface area contributed by atoms with Gasteiger partial charge in [-0.05, 0) is 48.9 Å². The van der Waals surface area contributed by atoms with Crippen molar-refractivity contribution in [2.75, 3.05) is 30.9 Å². The summed E-state index contributed by atoms with van der Waals surface area (Å²) in [4.78, 5) is 29.1. The molecule has 1 unspecified atom stereocenters. The van der Waals surface area contributed by atoms with Crippen LogP contribution in [0.2, 0.25) is 0 Å². The number of rotatable bonds is 8. The number of amides is 3. The number of hydrogen-bond acceptors (Lipinski definition) is 3. The summed E-state index contributed by atoms with van der Waals surface area (Å²) in [6.45, 7) is 15.6. The average molecular weight is 405 g/mol. The molecule has 1 atom stereocenters. The van der Waals surface area contributed by atoms with Crippen molar-refractivity contribution in [3.8, 4) is 0 Å². The van der Waals surface area contributed by atoms with E-state index in [-0.39, 0.29) is 23.4 Å². The number of urea groups is 1. The number of benzene rings is 1. The Morgan fingerprint density at radius 2 is 1.72 bits per heavy atom. The van der Waals surface area contributed by atoms with Crippen molar-refractivity contribution < 1.29 is 9.59 Å². The lowest BCUT2D eigenvalue weighted by molar-refractivity contribution is -0.136. The first-order valence-corrected chi connectivity index (χ1v) is 10.5. The smallest absolute Gasteiger partial charge is 0.319 e. The van der Waals surface area contributed by atoms with Crippen molar-refractivity contribution in [3.05, 3.63) is 23.8 Å². The third kappa shape index (κ3) is 7.95. The molecule has 164 valence electrons. The lowest BCUT2D eigenvalue weighted by Gasteiger charge is -2.35. The number of carbonyl (C=O) groups excluding carboxylic acids is 2. The van der Waals surface area contributed by atoms with E-state index in [4.69, 9.17) is 0 Å². The Labute approximate surface area is 177 Å². The second kappa shape index (κ2) is 10.5. The van der Waals surface area contributed by atoms with E-state index in [0.29, 0.717) is 25.4 Å². The van der Waals surface area contributed by atoms with E-state index in [2.05, 4.69) is 52.2 Å². The van der Waals surface area contributed by atoms with Crippen LogP contribution in [0.1, 0.15) is 60.5 Å². The van der Waals surface area contributed by atoms with Crippen molar-refractivity contribution in [2.45, 2.75) is 67.5 Å². The van der Waals surface area contributed by atoms with E-state index in [9.17, 15) is 9.59 Å². The fraction of sp³-hybridized carbons (Fsp3) is 0.652. The van der Waals surface area contributed by atoms with Crippen molar-refractivity contribution >= 4 is 23.3 Å². The summed E-state index contributed by atoms with van der Waals surface area (Å²) in [7, 11) is 3.98. The second-order valence-corrected chi connectivity index (χ2v) is 9.47. The molecule has 1 aromatic rings. The summed E-state index contributed by atoms with van der Waals surface area (Å²) in [5.41, 5.74) is 2.70. The van der Waals surface area contributed by atoms with Gasteiger partial charge in [0.25, 0.3) is 0 Å². The Morgan fingerprint density at radius 1 is 1.10 bits per heavy atom. The quantitative estimate of drug-likeness (QED) is 0.660. The minimum absolute atomic E-state index is 0.0714. The maximum atomic E-state index is 13.2. The van der Waals surface area contributed by atoms with Crippen molar-refractivity contribution in [3.63, 3.8) is 0 Å². The predicted octanol–water partition coefficient (Wildman–Crippen LogP) is 4.70. The van der Waals surface area contributed by atoms with Crippen LogP contribution >= 0.6 is 0 Å². The Balaban J connectivity index is 3.26. The molecular formula is C23H40N4O2. The summed E-state index contributed by atoms with van der Waals surface area (Å²) in [5, 5.41) is 5.61. The van der Waals surface area contributed by atoms with Crippen molar-refractivity contribution in [1.82, 2.24) is 10.2 Å². The fourth-order valence-electron chi connectivity index (χ4n) is 3.12. The molecule has 3 amide bonds. The highest BCUT2D eigenvalue weighted by Crippen LogP contribution is 2.28. The van der Waals surface area contributed by atoms with Gasteiger partial charge in [-0.15, -0.1) is 0 Å². The number of nitrogens with zero attached hydrogens (tertiary/aromatic N) is 2. The Kier molecular flexibility index (Phi) is 8.99. The van der Waals surface area contributed by atoms with Gasteiger partial charge in [0.1, 0.15) is 0 Å². The van der Waals surface area contributed by atoms with E-state index in [1.165, 1.54) is 0 Å². The Bertz CT molecular complexity index is 693. The molecule has 0 saturated carbocycles. The van der Waals surface area contributed by atoms with Crippen LogP contribution in [-0.4, -0.2) is 43.5 Å². The molecule has 0 fully saturated rings. The monoisotopic (exact) mass is 404 g/mol. The molecule has 0 aromatic heterocycles. The molecule has 0 aliphatic heterocycles. The lowest BCUT2D eigenvalue weighted by Crippen LogP contribution is -2.42. The normalized spacial score (nSPS) is 12.5. The van der Waals surface area contributed by atoms with Crippen LogP contribution in [0.15, 0.2) is 18.2 Å². The molecule has 6 heteroatoms. The van der Waals surface area contributed by atoms with E-state index >= 15 is 0 Å². The van der Waals surface area contributed by atoms with Gasteiger partial charge in [-0.3, -0.25) is 4.79 Å². The molecule has 0 heterocycles. The molecule has 1 aromatic carbocycles. The molecule has 0 spiro atoms. The first-order valence-electron chi connectivity index (χ1n) is 10.5. The van der Waals surface area contributed by atoms with Crippen molar-refractivity contribution in [1.29, 1.82) is 0 Å². The van der Waals surface area contributed by atoms with Crippen LogP contribution in [0.4, 0.5) is 16.2 Å². The van der Waals surface area contributed by atoms with Gasteiger partial charge in [-0.25, -0.2) is 4.79 Å². The molecule has 0 bridgehead atoms. The lowest BCUT2D eigenvalue weighted by atomic mass is 9.90.